The average molecular weight is 588 g/mol. The molecule has 42 heavy (non-hydrogen) atoms. The van der Waals surface area contributed by atoms with Crippen LogP contribution in [-0.4, -0.2) is 50.9 Å². The van der Waals surface area contributed by atoms with E-state index in [4.69, 9.17) is 16.3 Å². The van der Waals surface area contributed by atoms with Gasteiger partial charge in [0, 0.05) is 46.7 Å². The first-order chi connectivity index (χ1) is 20.2. The lowest BCUT2D eigenvalue weighted by molar-refractivity contribution is -0.141. The Morgan fingerprint density at radius 3 is 2.45 bits per heavy atom. The van der Waals surface area contributed by atoms with Gasteiger partial charge in [0.05, 0.1) is 17.4 Å². The topological polar surface area (TPSA) is 134 Å². The number of carbonyl (C=O) groups excluding carboxylic acids is 3. The van der Waals surface area contributed by atoms with Gasteiger partial charge in [-0.15, -0.1) is 0 Å². The zero-order valence-electron chi connectivity index (χ0n) is 23.1. The molecule has 1 fully saturated rings. The summed E-state index contributed by atoms with van der Waals surface area (Å²) in [5.74, 6) is -2.54. The lowest BCUT2D eigenvalue weighted by atomic mass is 9.83. The number of benzene rings is 2. The van der Waals surface area contributed by atoms with E-state index in [1.54, 1.807) is 42.7 Å². The molecule has 3 amide bonds. The zero-order valence-corrected chi connectivity index (χ0v) is 23.9. The second kappa shape index (κ2) is 12.5. The molecule has 216 valence electrons. The number of halogens is 1. The molecule has 1 saturated heterocycles. The number of ether oxygens (including phenoxy) is 1. The molecule has 2 aromatic heterocycles. The van der Waals surface area contributed by atoms with Crippen molar-refractivity contribution in [2.75, 3.05) is 18.4 Å². The molecule has 0 bridgehead atoms. The van der Waals surface area contributed by atoms with Crippen molar-refractivity contribution in [1.82, 2.24) is 20.3 Å². The van der Waals surface area contributed by atoms with Crippen LogP contribution in [0.1, 0.15) is 33.7 Å². The second-order valence-corrected chi connectivity index (χ2v) is 10.7. The molecule has 5 rings (SSSR count). The molecule has 1 aliphatic rings. The normalized spacial score (nSPS) is 16.6. The van der Waals surface area contributed by atoms with Crippen molar-refractivity contribution < 1.29 is 24.3 Å². The van der Waals surface area contributed by atoms with Crippen LogP contribution in [0.15, 0.2) is 66.7 Å². The van der Waals surface area contributed by atoms with Crippen molar-refractivity contribution in [3.63, 3.8) is 0 Å². The first-order valence-electron chi connectivity index (χ1n) is 13.5. The number of fused-ring (bicyclic) bond motifs is 1. The van der Waals surface area contributed by atoms with E-state index in [1.165, 1.54) is 11.0 Å². The van der Waals surface area contributed by atoms with Crippen molar-refractivity contribution in [1.29, 1.82) is 0 Å². The molecule has 0 spiro atoms. The van der Waals surface area contributed by atoms with Gasteiger partial charge in [0.15, 0.2) is 0 Å². The quantitative estimate of drug-likeness (QED) is 0.162. The molecule has 10 nitrogen and oxygen atoms in total. The van der Waals surface area contributed by atoms with E-state index in [9.17, 15) is 19.6 Å². The maximum Gasteiger partial charge on any atom is 0.254 e. The van der Waals surface area contributed by atoms with E-state index in [2.05, 4.69) is 15.3 Å². The number of aromatic nitrogens is 2. The maximum atomic E-state index is 13.2. The number of aryl methyl sites for hydroxylation is 2. The van der Waals surface area contributed by atoms with Crippen LogP contribution >= 0.6 is 11.6 Å². The van der Waals surface area contributed by atoms with Gasteiger partial charge in [-0.3, -0.25) is 24.6 Å². The lowest BCUT2D eigenvalue weighted by Crippen LogP contribution is -2.52. The summed E-state index contributed by atoms with van der Waals surface area (Å²) in [6, 6.07) is 19.9. The van der Waals surface area contributed by atoms with E-state index in [-0.39, 0.29) is 36.5 Å². The molecule has 0 aliphatic carbocycles. The Labute approximate surface area is 247 Å². The Morgan fingerprint density at radius 2 is 1.71 bits per heavy atom. The predicted octanol–water partition coefficient (Wildman–Crippen LogP) is 4.70. The largest absolute Gasteiger partial charge is 0.489 e. The number of piperidine rings is 1. The summed E-state index contributed by atoms with van der Waals surface area (Å²) in [5, 5.41) is 13.4. The van der Waals surface area contributed by atoms with Crippen LogP contribution in [0.5, 0.6) is 5.75 Å². The van der Waals surface area contributed by atoms with Gasteiger partial charge in [0.25, 0.3) is 5.91 Å². The van der Waals surface area contributed by atoms with Crippen LogP contribution in [0.25, 0.3) is 10.9 Å². The van der Waals surface area contributed by atoms with E-state index in [1.807, 2.05) is 37.3 Å². The second-order valence-electron chi connectivity index (χ2n) is 10.3. The number of amides is 3. The number of nitrogens with one attached hydrogen (secondary N) is 2. The molecule has 3 heterocycles. The smallest absolute Gasteiger partial charge is 0.254 e. The van der Waals surface area contributed by atoms with Gasteiger partial charge in [0.2, 0.25) is 11.8 Å². The molecular weight excluding hydrogens is 558 g/mol. The highest BCUT2D eigenvalue weighted by atomic mass is 35.5. The Kier molecular flexibility index (Phi) is 8.65. The molecule has 0 saturated carbocycles. The first kappa shape index (κ1) is 29.0. The SMILES string of the molecule is Cc1cc(C(=O)N2CC[C@H](C(=O)Nc3ccc(OCc4cc(C)nc5ccccc45)cc3)[C@@H](C(=O)NO)C2)cc(Cl)n1. The molecule has 11 heteroatoms. The standard InChI is InChI=1S/C31H30ClN5O5/c1-18-14-21(24-5-3-4-6-27(24)33-18)17-42-23-9-7-22(8-10-23)35-29(38)25-11-12-37(16-26(25)30(39)36-41)31(40)20-13-19(2)34-28(32)15-20/h3-10,13-15,25-26,41H,11-12,16-17H2,1-2H3,(H,35,38)(H,36,39)/t25-,26-/m0/s1. The summed E-state index contributed by atoms with van der Waals surface area (Å²) in [5.41, 5.74) is 5.94. The highest BCUT2D eigenvalue weighted by Crippen LogP contribution is 2.28. The third-order valence-corrected chi connectivity index (χ3v) is 7.49. The van der Waals surface area contributed by atoms with E-state index in [0.717, 1.165) is 22.2 Å². The Morgan fingerprint density at radius 1 is 0.976 bits per heavy atom. The number of hydroxylamine groups is 1. The van der Waals surface area contributed by atoms with E-state index in [0.29, 0.717) is 29.3 Å². The summed E-state index contributed by atoms with van der Waals surface area (Å²) >= 11 is 6.02. The van der Waals surface area contributed by atoms with Crippen LogP contribution < -0.4 is 15.5 Å². The molecule has 2 atom stereocenters. The molecule has 4 aromatic rings. The fourth-order valence-corrected chi connectivity index (χ4v) is 5.53. The van der Waals surface area contributed by atoms with E-state index < -0.39 is 17.7 Å². The van der Waals surface area contributed by atoms with Crippen molar-refractivity contribution in [3.05, 3.63) is 94.4 Å². The Bertz CT molecular complexity index is 1620. The van der Waals surface area contributed by atoms with Gasteiger partial charge in [-0.1, -0.05) is 29.8 Å². The van der Waals surface area contributed by atoms with Gasteiger partial charge in [-0.25, -0.2) is 10.5 Å². The van der Waals surface area contributed by atoms with Gasteiger partial charge >= 0.3 is 0 Å². The van der Waals surface area contributed by atoms with Crippen LogP contribution in [0.4, 0.5) is 5.69 Å². The number of para-hydroxylation sites is 1. The molecular formula is C31H30ClN5O5. The van der Waals surface area contributed by atoms with Crippen molar-refractivity contribution in [2.45, 2.75) is 26.9 Å². The highest BCUT2D eigenvalue weighted by molar-refractivity contribution is 6.29. The first-order valence-corrected chi connectivity index (χ1v) is 13.9. The molecule has 3 N–H and O–H groups in total. The van der Waals surface area contributed by atoms with Gasteiger partial charge in [-0.2, -0.15) is 0 Å². The Hall–Kier alpha value is -4.54. The number of hydrogen-bond donors (Lipinski definition) is 3. The minimum atomic E-state index is -0.952. The number of pyridine rings is 2. The summed E-state index contributed by atoms with van der Waals surface area (Å²) in [6.45, 7) is 4.24. The summed E-state index contributed by atoms with van der Waals surface area (Å²) in [6.07, 6.45) is 0.230. The monoisotopic (exact) mass is 587 g/mol. The predicted molar refractivity (Wildman–Crippen MR) is 157 cm³/mol. The minimum Gasteiger partial charge on any atom is -0.489 e. The van der Waals surface area contributed by atoms with Crippen LogP contribution in [-0.2, 0) is 16.2 Å². The number of anilines is 1. The summed E-state index contributed by atoms with van der Waals surface area (Å²) < 4.78 is 6.01. The minimum absolute atomic E-state index is 0.0434. The Balaban J connectivity index is 1.23. The van der Waals surface area contributed by atoms with E-state index >= 15 is 0 Å². The van der Waals surface area contributed by atoms with Gasteiger partial charge in [-0.05, 0) is 68.8 Å². The van der Waals surface area contributed by atoms with Crippen LogP contribution in [0.2, 0.25) is 5.15 Å². The average Bonchev–Trinajstić information content (AvgIpc) is 2.98. The third kappa shape index (κ3) is 6.50. The number of nitrogens with zero attached hydrogens (tertiary/aromatic N) is 3. The molecule has 1 aliphatic heterocycles. The highest BCUT2D eigenvalue weighted by Gasteiger charge is 2.40. The third-order valence-electron chi connectivity index (χ3n) is 7.30. The van der Waals surface area contributed by atoms with Crippen molar-refractivity contribution in [3.8, 4) is 5.75 Å². The lowest BCUT2D eigenvalue weighted by Gasteiger charge is -2.36. The molecule has 2 aromatic carbocycles. The van der Waals surface area contributed by atoms with Crippen LogP contribution in [0, 0.1) is 25.7 Å². The zero-order chi connectivity index (χ0) is 29.8. The number of hydrogen-bond acceptors (Lipinski definition) is 7. The van der Waals surface area contributed by atoms with Gasteiger partial charge < -0.3 is 15.0 Å². The van der Waals surface area contributed by atoms with Gasteiger partial charge in [0.1, 0.15) is 17.5 Å². The van der Waals surface area contributed by atoms with Crippen molar-refractivity contribution in [2.24, 2.45) is 11.8 Å². The van der Waals surface area contributed by atoms with Crippen LogP contribution in [0.3, 0.4) is 0 Å². The fourth-order valence-electron chi connectivity index (χ4n) is 5.28. The molecule has 0 radical (unpaired) electrons. The number of carbonyl (C=O) groups is 3. The molecule has 0 unspecified atom stereocenters. The fraction of sp³-hybridized carbons (Fsp3) is 0.258. The van der Waals surface area contributed by atoms with Crippen molar-refractivity contribution >= 4 is 45.9 Å². The maximum absolute atomic E-state index is 13.2. The summed E-state index contributed by atoms with van der Waals surface area (Å²) in [7, 11) is 0. The number of likely N-dealkylation sites (tertiary alicyclic amines) is 1. The number of rotatable bonds is 7. The summed E-state index contributed by atoms with van der Waals surface area (Å²) in [4.78, 5) is 49.0.